The lowest BCUT2D eigenvalue weighted by Gasteiger charge is -2.12. The molecule has 0 spiro atoms. The molecular formula is C15H17N3O4S. The highest BCUT2D eigenvalue weighted by Crippen LogP contribution is 2.38. The molecule has 0 atom stereocenters. The molecule has 1 aliphatic carbocycles. The van der Waals surface area contributed by atoms with Crippen molar-refractivity contribution in [3.05, 3.63) is 16.8 Å². The number of aryl methyl sites for hydroxylation is 2. The molecule has 0 aromatic carbocycles. The van der Waals surface area contributed by atoms with Crippen molar-refractivity contribution in [1.82, 2.24) is 15.3 Å². The minimum absolute atomic E-state index is 0.175. The van der Waals surface area contributed by atoms with Crippen LogP contribution in [0.4, 0.5) is 0 Å². The summed E-state index contributed by atoms with van der Waals surface area (Å²) in [5.74, 6) is -0.469. The summed E-state index contributed by atoms with van der Waals surface area (Å²) in [6, 6.07) is 0. The standard InChI is InChI=1S/C15H17N3O4S/c1-21-12(20)6-16-11(19)7-22-14-13-9-4-2-3-5-10(9)23-15(13)18-8-17-14/h8H,2-7H2,1H3,(H,16,19). The second-order valence-corrected chi connectivity index (χ2v) is 6.30. The Morgan fingerprint density at radius 1 is 1.30 bits per heavy atom. The van der Waals surface area contributed by atoms with Gasteiger partial charge in [0.15, 0.2) is 6.61 Å². The van der Waals surface area contributed by atoms with Crippen LogP contribution in [0.2, 0.25) is 0 Å². The first-order valence-electron chi connectivity index (χ1n) is 7.40. The molecule has 2 heterocycles. The van der Waals surface area contributed by atoms with Crippen LogP contribution in [0.25, 0.3) is 10.2 Å². The van der Waals surface area contributed by atoms with Gasteiger partial charge in [0.25, 0.3) is 5.91 Å². The van der Waals surface area contributed by atoms with Gasteiger partial charge in [-0.25, -0.2) is 9.97 Å². The largest absolute Gasteiger partial charge is 0.468 e. The Bertz CT molecular complexity index is 744. The Balaban J connectivity index is 1.72. The lowest BCUT2D eigenvalue weighted by Crippen LogP contribution is -2.33. The number of hydrogen-bond donors (Lipinski definition) is 1. The van der Waals surface area contributed by atoms with Crippen molar-refractivity contribution in [2.45, 2.75) is 25.7 Å². The van der Waals surface area contributed by atoms with Crippen LogP contribution < -0.4 is 10.1 Å². The van der Waals surface area contributed by atoms with Gasteiger partial charge in [0.2, 0.25) is 5.88 Å². The van der Waals surface area contributed by atoms with E-state index in [-0.39, 0.29) is 13.2 Å². The number of esters is 1. The minimum Gasteiger partial charge on any atom is -0.468 e. The highest BCUT2D eigenvalue weighted by atomic mass is 32.1. The molecule has 0 bridgehead atoms. The summed E-state index contributed by atoms with van der Waals surface area (Å²) in [5.41, 5.74) is 1.25. The van der Waals surface area contributed by atoms with Crippen molar-refractivity contribution in [3.63, 3.8) is 0 Å². The Morgan fingerprint density at radius 2 is 2.13 bits per heavy atom. The first-order chi connectivity index (χ1) is 11.2. The van der Waals surface area contributed by atoms with E-state index < -0.39 is 11.9 Å². The van der Waals surface area contributed by atoms with E-state index >= 15 is 0 Å². The Kier molecular flexibility index (Phi) is 4.71. The number of fused-ring (bicyclic) bond motifs is 3. The predicted molar refractivity (Wildman–Crippen MR) is 84.6 cm³/mol. The number of thiophene rings is 1. The van der Waals surface area contributed by atoms with E-state index in [0.29, 0.717) is 5.88 Å². The molecule has 1 amide bonds. The third-order valence-corrected chi connectivity index (χ3v) is 4.91. The molecule has 3 rings (SSSR count). The molecule has 0 fully saturated rings. The molecule has 0 unspecified atom stereocenters. The second kappa shape index (κ2) is 6.91. The van der Waals surface area contributed by atoms with Gasteiger partial charge in [0.1, 0.15) is 17.7 Å². The van der Waals surface area contributed by atoms with Gasteiger partial charge in [-0.15, -0.1) is 11.3 Å². The number of carbonyl (C=O) groups is 2. The van der Waals surface area contributed by atoms with Crippen molar-refractivity contribution in [3.8, 4) is 5.88 Å². The summed E-state index contributed by atoms with van der Waals surface area (Å²) >= 11 is 1.67. The first kappa shape index (κ1) is 15.7. The number of methoxy groups -OCH3 is 1. The quantitative estimate of drug-likeness (QED) is 0.827. The number of aromatic nitrogens is 2. The zero-order valence-corrected chi connectivity index (χ0v) is 13.6. The molecule has 2 aromatic heterocycles. The van der Waals surface area contributed by atoms with Crippen LogP contribution in [0.3, 0.4) is 0 Å². The summed E-state index contributed by atoms with van der Waals surface area (Å²) < 4.78 is 10.0. The van der Waals surface area contributed by atoms with E-state index in [9.17, 15) is 9.59 Å². The van der Waals surface area contributed by atoms with Crippen LogP contribution in [-0.4, -0.2) is 42.1 Å². The lowest BCUT2D eigenvalue weighted by atomic mass is 9.97. The molecule has 23 heavy (non-hydrogen) atoms. The van der Waals surface area contributed by atoms with Gasteiger partial charge < -0.3 is 14.8 Å². The average Bonchev–Trinajstić information content (AvgIpc) is 2.96. The topological polar surface area (TPSA) is 90.4 Å². The summed E-state index contributed by atoms with van der Waals surface area (Å²) in [5, 5.41) is 3.35. The molecule has 8 heteroatoms. The summed E-state index contributed by atoms with van der Waals surface area (Å²) in [6.07, 6.45) is 5.85. The van der Waals surface area contributed by atoms with E-state index in [1.807, 2.05) is 0 Å². The van der Waals surface area contributed by atoms with Gasteiger partial charge in [0.05, 0.1) is 12.5 Å². The van der Waals surface area contributed by atoms with Crippen molar-refractivity contribution in [2.24, 2.45) is 0 Å². The SMILES string of the molecule is COC(=O)CNC(=O)COc1ncnc2sc3c(c12)CCCC3. The van der Waals surface area contributed by atoms with Crippen LogP contribution in [0.5, 0.6) is 5.88 Å². The fourth-order valence-electron chi connectivity index (χ4n) is 2.60. The monoisotopic (exact) mass is 335 g/mol. The van der Waals surface area contributed by atoms with E-state index in [1.165, 1.54) is 30.3 Å². The Morgan fingerprint density at radius 3 is 2.96 bits per heavy atom. The molecule has 7 nitrogen and oxygen atoms in total. The fourth-order valence-corrected chi connectivity index (χ4v) is 3.82. The van der Waals surface area contributed by atoms with Crippen LogP contribution >= 0.6 is 11.3 Å². The number of nitrogens with zero attached hydrogens (tertiary/aromatic N) is 2. The highest BCUT2D eigenvalue weighted by molar-refractivity contribution is 7.18. The van der Waals surface area contributed by atoms with Gasteiger partial charge in [-0.3, -0.25) is 9.59 Å². The summed E-state index contributed by atoms with van der Waals surface area (Å²) in [6.45, 7) is -0.376. The molecule has 0 radical (unpaired) electrons. The smallest absolute Gasteiger partial charge is 0.325 e. The highest BCUT2D eigenvalue weighted by Gasteiger charge is 2.21. The van der Waals surface area contributed by atoms with E-state index in [4.69, 9.17) is 4.74 Å². The van der Waals surface area contributed by atoms with Crippen LogP contribution in [0.1, 0.15) is 23.3 Å². The molecule has 0 aliphatic heterocycles. The normalized spacial score (nSPS) is 13.4. The van der Waals surface area contributed by atoms with Crippen LogP contribution in [0, 0.1) is 0 Å². The minimum atomic E-state index is -0.505. The maximum atomic E-state index is 11.7. The third-order valence-electron chi connectivity index (χ3n) is 3.71. The third kappa shape index (κ3) is 3.42. The molecule has 1 N–H and O–H groups in total. The average molecular weight is 335 g/mol. The maximum Gasteiger partial charge on any atom is 0.325 e. The maximum absolute atomic E-state index is 11.7. The summed E-state index contributed by atoms with van der Waals surface area (Å²) in [4.78, 5) is 33.4. The molecular weight excluding hydrogens is 318 g/mol. The van der Waals surface area contributed by atoms with Gasteiger partial charge >= 0.3 is 5.97 Å². The molecule has 122 valence electrons. The van der Waals surface area contributed by atoms with Crippen molar-refractivity contribution in [1.29, 1.82) is 0 Å². The molecule has 0 saturated carbocycles. The second-order valence-electron chi connectivity index (χ2n) is 5.21. The Hall–Kier alpha value is -2.22. The summed E-state index contributed by atoms with van der Waals surface area (Å²) in [7, 11) is 1.27. The first-order valence-corrected chi connectivity index (χ1v) is 8.22. The number of carbonyl (C=O) groups excluding carboxylic acids is 2. The zero-order valence-electron chi connectivity index (χ0n) is 12.8. The van der Waals surface area contributed by atoms with Gasteiger partial charge in [-0.2, -0.15) is 0 Å². The van der Waals surface area contributed by atoms with Crippen LogP contribution in [-0.2, 0) is 27.2 Å². The molecule has 1 aliphatic rings. The fraction of sp³-hybridized carbons (Fsp3) is 0.467. The van der Waals surface area contributed by atoms with E-state index in [2.05, 4.69) is 20.0 Å². The lowest BCUT2D eigenvalue weighted by molar-refractivity contribution is -0.141. The van der Waals surface area contributed by atoms with Crippen molar-refractivity contribution >= 4 is 33.4 Å². The Labute approximate surface area is 137 Å². The molecule has 2 aromatic rings. The zero-order chi connectivity index (χ0) is 16.2. The number of rotatable bonds is 5. The predicted octanol–water partition coefficient (Wildman–Crippen LogP) is 1.24. The molecule has 0 saturated heterocycles. The van der Waals surface area contributed by atoms with Crippen LogP contribution in [0.15, 0.2) is 6.33 Å². The number of ether oxygens (including phenoxy) is 2. The van der Waals surface area contributed by atoms with Crippen molar-refractivity contribution in [2.75, 3.05) is 20.3 Å². The van der Waals surface area contributed by atoms with Crippen molar-refractivity contribution < 1.29 is 19.1 Å². The number of hydrogen-bond acceptors (Lipinski definition) is 7. The van der Waals surface area contributed by atoms with E-state index in [0.717, 1.165) is 29.5 Å². The van der Waals surface area contributed by atoms with E-state index in [1.54, 1.807) is 11.3 Å². The number of amides is 1. The number of nitrogens with one attached hydrogen (secondary N) is 1. The van der Waals surface area contributed by atoms with Gasteiger partial charge in [0, 0.05) is 4.88 Å². The van der Waals surface area contributed by atoms with Gasteiger partial charge in [-0.1, -0.05) is 0 Å². The van der Waals surface area contributed by atoms with Gasteiger partial charge in [-0.05, 0) is 31.2 Å².